The lowest BCUT2D eigenvalue weighted by Crippen LogP contribution is -2.64. The van der Waals surface area contributed by atoms with Gasteiger partial charge >= 0.3 is 35.8 Å². The molecule has 1 aliphatic carbocycles. The fourth-order valence-corrected chi connectivity index (χ4v) is 5.18. The average Bonchev–Trinajstić information content (AvgIpc) is 3.05. The third-order valence-electron chi connectivity index (χ3n) is 7.58. The van der Waals surface area contributed by atoms with Gasteiger partial charge in [-0.15, -0.1) is 0 Å². The van der Waals surface area contributed by atoms with Gasteiger partial charge in [0.05, 0.1) is 5.41 Å². The van der Waals surface area contributed by atoms with E-state index < -0.39 is 89.6 Å². The van der Waals surface area contributed by atoms with Crippen LogP contribution in [0.3, 0.4) is 0 Å². The van der Waals surface area contributed by atoms with Crippen molar-refractivity contribution in [3.05, 3.63) is 0 Å². The molecule has 13 heteroatoms. The van der Waals surface area contributed by atoms with E-state index in [1.54, 1.807) is 20.8 Å². The molecule has 2 aliphatic heterocycles. The van der Waals surface area contributed by atoms with Gasteiger partial charge in [0, 0.05) is 33.1 Å². The van der Waals surface area contributed by atoms with Crippen LogP contribution in [0.5, 0.6) is 0 Å². The number of esters is 6. The molecule has 3 fully saturated rings. The molecular weight excluding hydrogens is 496 g/mol. The minimum atomic E-state index is -1.66. The lowest BCUT2D eigenvalue weighted by molar-refractivity contribution is -0.303. The topological polar surface area (TPSA) is 167 Å². The van der Waals surface area contributed by atoms with Crippen LogP contribution in [0.25, 0.3) is 0 Å². The first-order valence-electron chi connectivity index (χ1n) is 11.8. The minimum absolute atomic E-state index is 0.174. The van der Waals surface area contributed by atoms with Gasteiger partial charge in [-0.05, 0) is 19.8 Å². The number of carbonyl (C=O) groups is 6. The van der Waals surface area contributed by atoms with Gasteiger partial charge in [-0.3, -0.25) is 24.0 Å². The molecule has 0 spiro atoms. The molecule has 13 nitrogen and oxygen atoms in total. The van der Waals surface area contributed by atoms with Crippen LogP contribution in [0.2, 0.25) is 0 Å². The number of ether oxygens (including phenoxy) is 7. The van der Waals surface area contributed by atoms with Crippen molar-refractivity contribution in [2.75, 3.05) is 6.61 Å². The second kappa shape index (κ2) is 9.92. The predicted molar refractivity (Wildman–Crippen MR) is 118 cm³/mol. The summed E-state index contributed by atoms with van der Waals surface area (Å²) in [5.41, 5.74) is -3.56. The van der Waals surface area contributed by atoms with Gasteiger partial charge in [-0.1, -0.05) is 13.8 Å². The Bertz CT molecular complexity index is 1000. The zero-order valence-electron chi connectivity index (χ0n) is 21.8. The first-order valence-corrected chi connectivity index (χ1v) is 11.8. The van der Waals surface area contributed by atoms with Gasteiger partial charge in [-0.2, -0.15) is 0 Å². The van der Waals surface area contributed by atoms with Crippen LogP contribution in [-0.4, -0.2) is 78.7 Å². The highest BCUT2D eigenvalue weighted by atomic mass is 16.7. The summed E-state index contributed by atoms with van der Waals surface area (Å²) in [5.74, 6) is -4.66. The van der Waals surface area contributed by atoms with Gasteiger partial charge < -0.3 is 33.2 Å². The van der Waals surface area contributed by atoms with E-state index in [1.165, 1.54) is 0 Å². The SMILES string of the molecule is CC(=O)OC[C@H]1O[C@H](OC(C)=O)[C@H](OC(=O)[C@@]23CC[C@@](C)(C(=O)O2)C3(C)C)[C@@H](OC(C)=O)[C@@H]1OC(C)=O. The van der Waals surface area contributed by atoms with Crippen molar-refractivity contribution in [1.29, 1.82) is 0 Å². The van der Waals surface area contributed by atoms with E-state index in [9.17, 15) is 28.8 Å². The molecule has 3 rings (SSSR count). The summed E-state index contributed by atoms with van der Waals surface area (Å²) in [4.78, 5) is 73.6. The molecule has 2 saturated heterocycles. The molecule has 0 aromatic rings. The highest BCUT2D eigenvalue weighted by Gasteiger charge is 2.77. The van der Waals surface area contributed by atoms with Crippen LogP contribution in [0.4, 0.5) is 0 Å². The number of fused-ring (bicyclic) bond motifs is 2. The summed E-state index contributed by atoms with van der Waals surface area (Å²) in [6.45, 7) is 9.06. The van der Waals surface area contributed by atoms with Crippen LogP contribution in [0.1, 0.15) is 61.3 Å². The van der Waals surface area contributed by atoms with E-state index in [1.807, 2.05) is 0 Å². The van der Waals surface area contributed by atoms with Gasteiger partial charge in [0.15, 0.2) is 12.2 Å². The zero-order valence-corrected chi connectivity index (χ0v) is 21.8. The highest BCUT2D eigenvalue weighted by molar-refractivity contribution is 5.93. The monoisotopic (exact) mass is 528 g/mol. The van der Waals surface area contributed by atoms with Crippen molar-refractivity contribution < 1.29 is 61.9 Å². The number of hydrogen-bond donors (Lipinski definition) is 0. The van der Waals surface area contributed by atoms with Crippen molar-refractivity contribution in [2.45, 2.75) is 97.6 Å². The predicted octanol–water partition coefficient (Wildman–Crippen LogP) is 0.735. The van der Waals surface area contributed by atoms with Crippen LogP contribution >= 0.6 is 0 Å². The van der Waals surface area contributed by atoms with E-state index in [2.05, 4.69) is 0 Å². The zero-order chi connectivity index (χ0) is 27.9. The standard InChI is InChI=1S/C24H32O13/c1-11(25)31-10-15-16(32-12(2)26)17(33-13(3)27)18(19(35-15)34-14(4)28)36-21(30)24-9-8-23(7,20(29)37-24)22(24,5)6/h15-19H,8-10H2,1-7H3/t15-,16-,17+,18-,19+,23+,24-/m1/s1. The molecule has 7 atom stereocenters. The molecule has 0 unspecified atom stereocenters. The first-order chi connectivity index (χ1) is 17.1. The quantitative estimate of drug-likeness (QED) is 0.335. The van der Waals surface area contributed by atoms with Crippen LogP contribution in [0, 0.1) is 10.8 Å². The highest BCUT2D eigenvalue weighted by Crippen LogP contribution is 2.66. The summed E-state index contributed by atoms with van der Waals surface area (Å²) in [7, 11) is 0. The van der Waals surface area contributed by atoms with E-state index in [-0.39, 0.29) is 6.42 Å². The fourth-order valence-electron chi connectivity index (χ4n) is 5.18. The van der Waals surface area contributed by atoms with E-state index in [0.717, 1.165) is 27.7 Å². The third kappa shape index (κ3) is 4.88. The molecule has 2 bridgehead atoms. The molecule has 2 heterocycles. The van der Waals surface area contributed by atoms with Crippen LogP contribution in [0.15, 0.2) is 0 Å². The Morgan fingerprint density at radius 1 is 0.784 bits per heavy atom. The Morgan fingerprint density at radius 2 is 1.35 bits per heavy atom. The maximum absolute atomic E-state index is 13.7. The smallest absolute Gasteiger partial charge is 0.351 e. The molecule has 0 N–H and O–H groups in total. The maximum Gasteiger partial charge on any atom is 0.351 e. The van der Waals surface area contributed by atoms with Crippen molar-refractivity contribution in [3.63, 3.8) is 0 Å². The Kier molecular flexibility index (Phi) is 7.60. The maximum atomic E-state index is 13.7. The summed E-state index contributed by atoms with van der Waals surface area (Å²) in [6.07, 6.45) is -6.95. The Morgan fingerprint density at radius 3 is 1.81 bits per heavy atom. The molecule has 0 radical (unpaired) electrons. The molecule has 1 saturated carbocycles. The minimum Gasteiger partial charge on any atom is -0.463 e. The summed E-state index contributed by atoms with van der Waals surface area (Å²) < 4.78 is 38.0. The Hall–Kier alpha value is -3.22. The van der Waals surface area contributed by atoms with Crippen molar-refractivity contribution in [1.82, 2.24) is 0 Å². The average molecular weight is 529 g/mol. The van der Waals surface area contributed by atoms with Gasteiger partial charge in [0.2, 0.25) is 18.0 Å². The summed E-state index contributed by atoms with van der Waals surface area (Å²) in [6, 6.07) is 0. The van der Waals surface area contributed by atoms with Crippen molar-refractivity contribution in [2.24, 2.45) is 10.8 Å². The lowest BCUT2D eigenvalue weighted by atomic mass is 9.66. The normalized spacial score (nSPS) is 35.6. The molecule has 0 aromatic heterocycles. The van der Waals surface area contributed by atoms with Gasteiger partial charge in [0.1, 0.15) is 12.7 Å². The lowest BCUT2D eigenvalue weighted by Gasteiger charge is -2.44. The first kappa shape index (κ1) is 28.4. The number of hydrogen-bond acceptors (Lipinski definition) is 13. The summed E-state index contributed by atoms with van der Waals surface area (Å²) >= 11 is 0. The summed E-state index contributed by atoms with van der Waals surface area (Å²) in [5, 5.41) is 0. The molecule has 0 amide bonds. The third-order valence-corrected chi connectivity index (χ3v) is 7.58. The van der Waals surface area contributed by atoms with E-state index in [4.69, 9.17) is 33.2 Å². The molecule has 0 aromatic carbocycles. The molecule has 3 aliphatic rings. The Labute approximate surface area is 213 Å². The van der Waals surface area contributed by atoms with E-state index >= 15 is 0 Å². The van der Waals surface area contributed by atoms with Crippen LogP contribution in [-0.2, 0) is 61.9 Å². The molecule has 37 heavy (non-hydrogen) atoms. The van der Waals surface area contributed by atoms with Crippen molar-refractivity contribution in [3.8, 4) is 0 Å². The Balaban J connectivity index is 2.02. The van der Waals surface area contributed by atoms with E-state index in [0.29, 0.717) is 6.42 Å². The molecular formula is C24H32O13. The number of rotatable bonds is 7. The van der Waals surface area contributed by atoms with Gasteiger partial charge in [0.25, 0.3) is 0 Å². The largest absolute Gasteiger partial charge is 0.463 e. The van der Waals surface area contributed by atoms with Crippen LogP contribution < -0.4 is 0 Å². The fraction of sp³-hybridized carbons (Fsp3) is 0.750. The van der Waals surface area contributed by atoms with Gasteiger partial charge in [-0.25, -0.2) is 4.79 Å². The number of carbonyl (C=O) groups excluding carboxylic acids is 6. The second-order valence-corrected chi connectivity index (χ2v) is 10.1. The molecule has 206 valence electrons. The second-order valence-electron chi connectivity index (χ2n) is 10.1. The van der Waals surface area contributed by atoms with Crippen molar-refractivity contribution >= 4 is 35.8 Å².